The van der Waals surface area contributed by atoms with Crippen molar-refractivity contribution in [1.29, 1.82) is 0 Å². The van der Waals surface area contributed by atoms with Crippen molar-refractivity contribution in [3.63, 3.8) is 0 Å². The van der Waals surface area contributed by atoms with Gasteiger partial charge in [-0.3, -0.25) is 4.57 Å². The molecule has 1 aromatic heterocycles. The number of aliphatic imine (C=N–C) groups is 1. The summed E-state index contributed by atoms with van der Waals surface area (Å²) in [5.41, 5.74) is 0.0879. The minimum atomic E-state index is -2.61. The van der Waals surface area contributed by atoms with E-state index in [4.69, 9.17) is 0 Å². The second-order valence-electron chi connectivity index (χ2n) is 6.61. The molecular formula is C17H30F2IN5O. The highest BCUT2D eigenvalue weighted by atomic mass is 127. The van der Waals surface area contributed by atoms with Gasteiger partial charge in [0.15, 0.2) is 5.96 Å². The molecule has 1 aromatic rings. The molecule has 0 radical (unpaired) electrons. The summed E-state index contributed by atoms with van der Waals surface area (Å²) < 4.78 is 26.6. The zero-order valence-corrected chi connectivity index (χ0v) is 17.6. The number of hydrogen-bond acceptors (Lipinski definition) is 3. The van der Waals surface area contributed by atoms with E-state index in [1.165, 1.54) is 31.7 Å². The summed E-state index contributed by atoms with van der Waals surface area (Å²) in [6.07, 6.45) is 9.18. The number of aliphatic hydroxyl groups is 1. The van der Waals surface area contributed by atoms with E-state index in [1.807, 2.05) is 6.92 Å². The van der Waals surface area contributed by atoms with Crippen LogP contribution in [0.5, 0.6) is 0 Å². The number of alkyl halides is 2. The number of nitrogens with zero attached hydrogens (tertiary/aromatic N) is 3. The van der Waals surface area contributed by atoms with Gasteiger partial charge in [0.2, 0.25) is 0 Å². The smallest absolute Gasteiger partial charge is 0.319 e. The lowest BCUT2D eigenvalue weighted by atomic mass is 9.72. The second-order valence-corrected chi connectivity index (χ2v) is 6.61. The third-order valence-electron chi connectivity index (χ3n) is 4.87. The van der Waals surface area contributed by atoms with Gasteiger partial charge in [0.05, 0.1) is 0 Å². The molecule has 2 rings (SSSR count). The van der Waals surface area contributed by atoms with E-state index < -0.39 is 6.55 Å². The van der Waals surface area contributed by atoms with Gasteiger partial charge >= 0.3 is 6.55 Å². The molecular weight excluding hydrogens is 455 g/mol. The van der Waals surface area contributed by atoms with Crippen molar-refractivity contribution >= 4 is 29.9 Å². The van der Waals surface area contributed by atoms with E-state index in [0.29, 0.717) is 12.5 Å². The number of rotatable bonds is 8. The van der Waals surface area contributed by atoms with Gasteiger partial charge in [-0.25, -0.2) is 9.98 Å². The number of hydrogen-bond donors (Lipinski definition) is 3. The number of aromatic nitrogens is 2. The normalized spacial score (nSPS) is 17.0. The predicted octanol–water partition coefficient (Wildman–Crippen LogP) is 3.28. The number of halogens is 3. The molecule has 1 saturated carbocycles. The monoisotopic (exact) mass is 485 g/mol. The van der Waals surface area contributed by atoms with Crippen molar-refractivity contribution < 1.29 is 13.9 Å². The van der Waals surface area contributed by atoms with Crippen molar-refractivity contribution in [2.45, 2.75) is 58.5 Å². The van der Waals surface area contributed by atoms with Crippen LogP contribution >= 0.6 is 24.0 Å². The number of nitrogens with one attached hydrogen (secondary N) is 2. The van der Waals surface area contributed by atoms with Crippen molar-refractivity contribution in [1.82, 2.24) is 20.2 Å². The number of imidazole rings is 1. The molecule has 9 heteroatoms. The first kappa shape index (κ1) is 23.1. The first-order valence-electron chi connectivity index (χ1n) is 9.03. The topological polar surface area (TPSA) is 74.5 Å². The Morgan fingerprint density at radius 2 is 2.08 bits per heavy atom. The summed E-state index contributed by atoms with van der Waals surface area (Å²) in [6.45, 7) is 1.02. The Kier molecular flexibility index (Phi) is 10.4. The van der Waals surface area contributed by atoms with Crippen LogP contribution in [-0.4, -0.2) is 40.3 Å². The second kappa shape index (κ2) is 11.7. The van der Waals surface area contributed by atoms with E-state index in [1.54, 1.807) is 0 Å². The van der Waals surface area contributed by atoms with Crippen LogP contribution in [-0.2, 0) is 6.54 Å². The molecule has 0 aliphatic heterocycles. The van der Waals surface area contributed by atoms with Gasteiger partial charge in [0.1, 0.15) is 12.4 Å². The molecule has 150 valence electrons. The molecule has 26 heavy (non-hydrogen) atoms. The first-order chi connectivity index (χ1) is 12.1. The Hall–Kier alpha value is -0.970. The molecule has 3 N–H and O–H groups in total. The van der Waals surface area contributed by atoms with Gasteiger partial charge in [0.25, 0.3) is 0 Å². The highest BCUT2D eigenvalue weighted by molar-refractivity contribution is 14.0. The molecule has 1 heterocycles. The summed E-state index contributed by atoms with van der Waals surface area (Å²) >= 11 is 0. The molecule has 6 nitrogen and oxygen atoms in total. The van der Waals surface area contributed by atoms with Gasteiger partial charge < -0.3 is 15.7 Å². The van der Waals surface area contributed by atoms with Crippen LogP contribution in [0.3, 0.4) is 0 Å². The maximum Gasteiger partial charge on any atom is 0.319 e. The molecule has 0 aromatic carbocycles. The Bertz CT molecular complexity index is 542. The van der Waals surface area contributed by atoms with E-state index >= 15 is 0 Å². The molecule has 0 unspecified atom stereocenters. The van der Waals surface area contributed by atoms with Crippen LogP contribution < -0.4 is 10.6 Å². The summed E-state index contributed by atoms with van der Waals surface area (Å²) in [6, 6.07) is 0. The largest absolute Gasteiger partial charge is 0.396 e. The maximum atomic E-state index is 12.9. The SMILES string of the molecule is CCNC(=NCc1nccn1C(F)F)NCC1(CCO)CCCCC1.I. The van der Waals surface area contributed by atoms with Crippen LogP contribution in [0.1, 0.15) is 57.8 Å². The highest BCUT2D eigenvalue weighted by Gasteiger charge is 2.31. The van der Waals surface area contributed by atoms with Crippen LogP contribution in [0.25, 0.3) is 0 Å². The van der Waals surface area contributed by atoms with Gasteiger partial charge in [-0.05, 0) is 31.6 Å². The van der Waals surface area contributed by atoms with E-state index in [0.717, 1.165) is 30.4 Å². The fraction of sp³-hybridized carbons (Fsp3) is 0.765. The molecule has 0 bridgehead atoms. The molecule has 0 spiro atoms. The summed E-state index contributed by atoms with van der Waals surface area (Å²) in [5.74, 6) is 0.823. The summed E-state index contributed by atoms with van der Waals surface area (Å²) in [4.78, 5) is 8.34. The maximum absolute atomic E-state index is 12.9. The minimum absolute atomic E-state index is 0. The quantitative estimate of drug-likeness (QED) is 0.300. The number of guanidine groups is 1. The zero-order valence-electron chi connectivity index (χ0n) is 15.3. The van der Waals surface area contributed by atoms with Crippen LogP contribution in [0, 0.1) is 5.41 Å². The predicted molar refractivity (Wildman–Crippen MR) is 109 cm³/mol. The fourth-order valence-electron chi connectivity index (χ4n) is 3.46. The van der Waals surface area contributed by atoms with Crippen molar-refractivity contribution in [2.75, 3.05) is 19.7 Å². The number of aliphatic hydroxyl groups excluding tert-OH is 1. The minimum Gasteiger partial charge on any atom is -0.396 e. The third kappa shape index (κ3) is 6.64. The molecule has 0 atom stereocenters. The third-order valence-corrected chi connectivity index (χ3v) is 4.87. The molecule has 0 saturated heterocycles. The Morgan fingerprint density at radius 1 is 1.35 bits per heavy atom. The van der Waals surface area contributed by atoms with Crippen molar-refractivity contribution in [2.24, 2.45) is 10.4 Å². The average Bonchev–Trinajstić information content (AvgIpc) is 3.07. The Labute approximate surface area is 170 Å². The van der Waals surface area contributed by atoms with Gasteiger partial charge in [-0.1, -0.05) is 19.3 Å². The lowest BCUT2D eigenvalue weighted by molar-refractivity contribution is 0.0671. The Balaban J connectivity index is 0.00000338. The lowest BCUT2D eigenvalue weighted by Gasteiger charge is -2.37. The standard InChI is InChI=1S/C17H29F2N5O.HI/c1-2-20-16(22-12-14-21-9-10-24(14)15(18)19)23-13-17(8-11-25)6-4-3-5-7-17;/h9-10,15,25H,2-8,11-13H2,1H3,(H2,20,22,23);1H. The van der Waals surface area contributed by atoms with Crippen LogP contribution in [0.15, 0.2) is 17.4 Å². The lowest BCUT2D eigenvalue weighted by Crippen LogP contribution is -2.45. The van der Waals surface area contributed by atoms with Crippen LogP contribution in [0.2, 0.25) is 0 Å². The molecule has 1 aliphatic carbocycles. The van der Waals surface area contributed by atoms with E-state index in [2.05, 4.69) is 20.6 Å². The average molecular weight is 485 g/mol. The molecule has 1 fully saturated rings. The summed E-state index contributed by atoms with van der Waals surface area (Å²) in [5, 5.41) is 15.9. The highest BCUT2D eigenvalue weighted by Crippen LogP contribution is 2.38. The van der Waals surface area contributed by atoms with E-state index in [-0.39, 0.29) is 48.4 Å². The van der Waals surface area contributed by atoms with Gasteiger partial charge in [-0.15, -0.1) is 24.0 Å². The van der Waals surface area contributed by atoms with Crippen molar-refractivity contribution in [3.8, 4) is 0 Å². The first-order valence-corrected chi connectivity index (χ1v) is 9.03. The molecule has 1 aliphatic rings. The van der Waals surface area contributed by atoms with Gasteiger partial charge in [-0.2, -0.15) is 8.78 Å². The zero-order chi connectivity index (χ0) is 18.1. The van der Waals surface area contributed by atoms with Crippen molar-refractivity contribution in [3.05, 3.63) is 18.2 Å². The molecule has 0 amide bonds. The Morgan fingerprint density at radius 3 is 2.69 bits per heavy atom. The van der Waals surface area contributed by atoms with Crippen LogP contribution in [0.4, 0.5) is 8.78 Å². The summed E-state index contributed by atoms with van der Waals surface area (Å²) in [7, 11) is 0. The fourth-order valence-corrected chi connectivity index (χ4v) is 3.46. The van der Waals surface area contributed by atoms with Gasteiger partial charge in [0, 0.05) is 32.1 Å². The van der Waals surface area contributed by atoms with E-state index in [9.17, 15) is 13.9 Å².